The number of carbonyl (C=O) groups is 1. The van der Waals surface area contributed by atoms with Crippen LogP contribution in [0.5, 0.6) is 5.75 Å². The molecular weight excluding hydrogens is 294 g/mol. The molecule has 0 atom stereocenters. The van der Waals surface area contributed by atoms with Crippen molar-refractivity contribution in [3.05, 3.63) is 36.0 Å². The van der Waals surface area contributed by atoms with Crippen LogP contribution in [0.1, 0.15) is 36.2 Å². The molecule has 1 aromatic carbocycles. The van der Waals surface area contributed by atoms with E-state index in [1.54, 1.807) is 13.2 Å². The summed E-state index contributed by atoms with van der Waals surface area (Å²) in [7, 11) is 1.62. The number of methoxy groups -OCH3 is 1. The highest BCUT2D eigenvalue weighted by Crippen LogP contribution is 2.29. The third-order valence-corrected chi connectivity index (χ3v) is 4.45. The molecule has 23 heavy (non-hydrogen) atoms. The smallest absolute Gasteiger partial charge is 0.269 e. The van der Waals surface area contributed by atoms with Gasteiger partial charge in [0.2, 0.25) is 0 Å². The van der Waals surface area contributed by atoms with Gasteiger partial charge >= 0.3 is 0 Å². The molecule has 3 rings (SSSR count). The van der Waals surface area contributed by atoms with E-state index in [1.807, 2.05) is 24.3 Å². The number of nitrogens with zero attached hydrogens (tertiary/aromatic N) is 1. The van der Waals surface area contributed by atoms with Gasteiger partial charge in [0.25, 0.3) is 5.91 Å². The van der Waals surface area contributed by atoms with E-state index in [2.05, 4.69) is 15.5 Å². The van der Waals surface area contributed by atoms with E-state index in [-0.39, 0.29) is 12.5 Å². The molecule has 6 nitrogen and oxygen atoms in total. The van der Waals surface area contributed by atoms with Gasteiger partial charge in [-0.1, -0.05) is 12.8 Å². The minimum Gasteiger partial charge on any atom is -0.497 e. The lowest BCUT2D eigenvalue weighted by Gasteiger charge is -2.27. The quantitative estimate of drug-likeness (QED) is 0.789. The van der Waals surface area contributed by atoms with Crippen molar-refractivity contribution in [2.75, 3.05) is 13.7 Å². The number of H-pyrrole nitrogens is 1. The number of nitrogens with one attached hydrogen (secondary N) is 2. The van der Waals surface area contributed by atoms with Crippen molar-refractivity contribution in [2.45, 2.75) is 31.2 Å². The molecule has 1 amide bonds. The van der Waals surface area contributed by atoms with Crippen molar-refractivity contribution in [3.8, 4) is 17.0 Å². The van der Waals surface area contributed by atoms with Crippen molar-refractivity contribution in [1.82, 2.24) is 15.5 Å². The number of aromatic amines is 1. The molecule has 1 aliphatic rings. The average molecular weight is 315 g/mol. The van der Waals surface area contributed by atoms with Crippen molar-refractivity contribution < 1.29 is 14.6 Å². The Bertz CT molecular complexity index is 673. The zero-order valence-corrected chi connectivity index (χ0v) is 13.1. The fourth-order valence-corrected chi connectivity index (χ4v) is 3.03. The molecule has 0 unspecified atom stereocenters. The molecule has 1 aromatic heterocycles. The first-order valence-electron chi connectivity index (χ1n) is 7.79. The van der Waals surface area contributed by atoms with E-state index >= 15 is 0 Å². The minimum absolute atomic E-state index is 0.0295. The summed E-state index contributed by atoms with van der Waals surface area (Å²) in [6.45, 7) is -0.0295. The largest absolute Gasteiger partial charge is 0.497 e. The van der Waals surface area contributed by atoms with Crippen LogP contribution in [0.15, 0.2) is 30.3 Å². The molecular formula is C17H21N3O3. The predicted octanol–water partition coefficient (Wildman–Crippen LogP) is 2.12. The maximum absolute atomic E-state index is 12.4. The van der Waals surface area contributed by atoms with Crippen molar-refractivity contribution >= 4 is 5.91 Å². The van der Waals surface area contributed by atoms with Crippen LogP contribution in [0.25, 0.3) is 11.3 Å². The molecule has 3 N–H and O–H groups in total. The Balaban J connectivity index is 1.74. The van der Waals surface area contributed by atoms with Gasteiger partial charge in [-0.05, 0) is 43.2 Å². The zero-order chi connectivity index (χ0) is 16.3. The zero-order valence-electron chi connectivity index (χ0n) is 13.1. The van der Waals surface area contributed by atoms with Crippen LogP contribution >= 0.6 is 0 Å². The molecule has 0 aliphatic heterocycles. The third kappa shape index (κ3) is 3.22. The Morgan fingerprint density at radius 2 is 2.04 bits per heavy atom. The fraction of sp³-hybridized carbons (Fsp3) is 0.412. The van der Waals surface area contributed by atoms with Gasteiger partial charge in [0, 0.05) is 5.56 Å². The lowest BCUT2D eigenvalue weighted by atomic mass is 9.98. The van der Waals surface area contributed by atoms with Crippen LogP contribution in [-0.2, 0) is 0 Å². The van der Waals surface area contributed by atoms with E-state index in [4.69, 9.17) is 4.74 Å². The summed E-state index contributed by atoms with van der Waals surface area (Å²) in [4.78, 5) is 12.4. The number of aliphatic hydroxyl groups excluding tert-OH is 1. The van der Waals surface area contributed by atoms with Crippen LogP contribution < -0.4 is 10.1 Å². The van der Waals surface area contributed by atoms with Gasteiger partial charge < -0.3 is 15.2 Å². The maximum atomic E-state index is 12.4. The molecule has 0 radical (unpaired) electrons. The first kappa shape index (κ1) is 15.6. The van der Waals surface area contributed by atoms with E-state index in [1.165, 1.54) is 0 Å². The summed E-state index contributed by atoms with van der Waals surface area (Å²) >= 11 is 0. The Morgan fingerprint density at radius 3 is 2.65 bits per heavy atom. The minimum atomic E-state index is -0.484. The number of ether oxygens (including phenoxy) is 1. The molecule has 0 bridgehead atoms. The van der Waals surface area contributed by atoms with Crippen LogP contribution in [0, 0.1) is 0 Å². The fourth-order valence-electron chi connectivity index (χ4n) is 3.03. The normalized spacial score (nSPS) is 16.3. The SMILES string of the molecule is COc1ccc(-c2cc(C(=O)NC3(CO)CCCC3)[nH]n2)cc1. The highest BCUT2D eigenvalue weighted by atomic mass is 16.5. The molecule has 2 aromatic rings. The summed E-state index contributed by atoms with van der Waals surface area (Å²) in [6.07, 6.45) is 3.69. The predicted molar refractivity (Wildman–Crippen MR) is 86.3 cm³/mol. The molecule has 1 fully saturated rings. The first-order chi connectivity index (χ1) is 11.2. The highest BCUT2D eigenvalue weighted by molar-refractivity contribution is 5.93. The second-order valence-electron chi connectivity index (χ2n) is 6.00. The number of aromatic nitrogens is 2. The van der Waals surface area contributed by atoms with Crippen molar-refractivity contribution in [3.63, 3.8) is 0 Å². The second-order valence-corrected chi connectivity index (χ2v) is 6.00. The van der Waals surface area contributed by atoms with Crippen LogP contribution in [0.4, 0.5) is 0 Å². The van der Waals surface area contributed by atoms with Gasteiger partial charge in [0.1, 0.15) is 11.4 Å². The molecule has 6 heteroatoms. The Hall–Kier alpha value is -2.34. The second kappa shape index (κ2) is 6.42. The Morgan fingerprint density at radius 1 is 1.35 bits per heavy atom. The first-order valence-corrected chi connectivity index (χ1v) is 7.79. The molecule has 0 saturated heterocycles. The molecule has 122 valence electrons. The van der Waals surface area contributed by atoms with Gasteiger partial charge in [-0.15, -0.1) is 0 Å². The number of carbonyl (C=O) groups excluding carboxylic acids is 1. The molecule has 0 spiro atoms. The summed E-state index contributed by atoms with van der Waals surface area (Å²) in [6, 6.07) is 9.20. The summed E-state index contributed by atoms with van der Waals surface area (Å²) < 4.78 is 5.13. The standard InChI is InChI=1S/C17H21N3O3/c1-23-13-6-4-12(5-7-13)14-10-15(20-19-14)16(22)18-17(11-21)8-2-3-9-17/h4-7,10,21H,2-3,8-9,11H2,1H3,(H,18,22)(H,19,20). The Labute approximate surface area is 134 Å². The van der Waals surface area contributed by atoms with Crippen LogP contribution in [-0.4, -0.2) is 40.5 Å². The number of hydrogen-bond donors (Lipinski definition) is 3. The summed E-state index contributed by atoms with van der Waals surface area (Å²) in [5.74, 6) is 0.543. The van der Waals surface area contributed by atoms with E-state index in [9.17, 15) is 9.90 Å². The third-order valence-electron chi connectivity index (χ3n) is 4.45. The number of aliphatic hydroxyl groups is 1. The van der Waals surface area contributed by atoms with Crippen molar-refractivity contribution in [2.24, 2.45) is 0 Å². The lowest BCUT2D eigenvalue weighted by molar-refractivity contribution is 0.0833. The lowest BCUT2D eigenvalue weighted by Crippen LogP contribution is -2.49. The van der Waals surface area contributed by atoms with Gasteiger partial charge in [-0.2, -0.15) is 5.10 Å². The summed E-state index contributed by atoms with van der Waals surface area (Å²) in [5, 5.41) is 19.5. The van der Waals surface area contributed by atoms with Gasteiger partial charge in [-0.3, -0.25) is 9.89 Å². The molecule has 1 heterocycles. The average Bonchev–Trinajstić information content (AvgIpc) is 3.25. The van der Waals surface area contributed by atoms with E-state index in [0.717, 1.165) is 37.0 Å². The van der Waals surface area contributed by atoms with Gasteiger partial charge in [0.05, 0.1) is 24.9 Å². The number of benzene rings is 1. The van der Waals surface area contributed by atoms with Crippen LogP contribution in [0.3, 0.4) is 0 Å². The highest BCUT2D eigenvalue weighted by Gasteiger charge is 2.35. The Kier molecular flexibility index (Phi) is 4.34. The van der Waals surface area contributed by atoms with E-state index in [0.29, 0.717) is 11.4 Å². The molecule has 1 aliphatic carbocycles. The van der Waals surface area contributed by atoms with Gasteiger partial charge in [0.15, 0.2) is 0 Å². The molecule has 1 saturated carbocycles. The topological polar surface area (TPSA) is 87.2 Å². The monoisotopic (exact) mass is 315 g/mol. The maximum Gasteiger partial charge on any atom is 0.269 e. The van der Waals surface area contributed by atoms with E-state index < -0.39 is 5.54 Å². The van der Waals surface area contributed by atoms with Crippen LogP contribution in [0.2, 0.25) is 0 Å². The number of amides is 1. The summed E-state index contributed by atoms with van der Waals surface area (Å²) in [5.41, 5.74) is 1.51. The number of rotatable bonds is 5. The van der Waals surface area contributed by atoms with Gasteiger partial charge in [-0.25, -0.2) is 0 Å². The number of hydrogen-bond acceptors (Lipinski definition) is 4. The van der Waals surface area contributed by atoms with Crippen molar-refractivity contribution in [1.29, 1.82) is 0 Å².